The van der Waals surface area contributed by atoms with E-state index in [1.165, 1.54) is 21.1 Å². The number of rotatable bonds is 6. The van der Waals surface area contributed by atoms with Gasteiger partial charge >= 0.3 is 11.9 Å². The highest BCUT2D eigenvalue weighted by Crippen LogP contribution is 2.46. The first-order valence-corrected chi connectivity index (χ1v) is 9.47. The summed E-state index contributed by atoms with van der Waals surface area (Å²) in [6.07, 6.45) is -0.319. The number of ether oxygens (including phenoxy) is 2. The monoisotopic (exact) mass is 391 g/mol. The fourth-order valence-electron chi connectivity index (χ4n) is 4.17. The molecule has 1 aliphatic rings. The van der Waals surface area contributed by atoms with E-state index >= 15 is 0 Å². The van der Waals surface area contributed by atoms with Crippen LogP contribution in [-0.4, -0.2) is 55.7 Å². The first-order valence-electron chi connectivity index (χ1n) is 9.47. The molecular formula is C21H29NO6. The summed E-state index contributed by atoms with van der Waals surface area (Å²) in [6, 6.07) is 7.36. The zero-order valence-electron chi connectivity index (χ0n) is 17.1. The zero-order chi connectivity index (χ0) is 21.1. The van der Waals surface area contributed by atoms with Crippen molar-refractivity contribution < 1.29 is 29.0 Å². The highest BCUT2D eigenvalue weighted by atomic mass is 16.5. The van der Waals surface area contributed by atoms with E-state index in [1.54, 1.807) is 12.1 Å². The standard InChI is InChI=1S/C21H29NO6/c1-6-22(7-2)14-10-8-13(9-11-14)16-17(19(24)27-4)15(23)12-21(3,26)18(16)20(25)28-5/h8-11,16-18,26H,6-7,12H2,1-5H3/t16-,17-,18-,21-/m1/s1. The van der Waals surface area contributed by atoms with E-state index in [4.69, 9.17) is 9.47 Å². The van der Waals surface area contributed by atoms with E-state index in [1.807, 2.05) is 12.1 Å². The maximum Gasteiger partial charge on any atom is 0.316 e. The van der Waals surface area contributed by atoms with Gasteiger partial charge in [-0.2, -0.15) is 0 Å². The lowest BCUT2D eigenvalue weighted by molar-refractivity contribution is -0.170. The highest BCUT2D eigenvalue weighted by Gasteiger charge is 2.56. The number of anilines is 1. The minimum Gasteiger partial charge on any atom is -0.469 e. The third-order valence-electron chi connectivity index (χ3n) is 5.58. The van der Waals surface area contributed by atoms with Gasteiger partial charge in [0.25, 0.3) is 0 Å². The minimum absolute atomic E-state index is 0.319. The SMILES string of the molecule is CCN(CC)c1ccc([C@@H]2[C@H](C(=O)OC)C(=O)C[C@@](C)(O)[C@H]2C(=O)OC)cc1. The number of benzene rings is 1. The van der Waals surface area contributed by atoms with Crippen LogP contribution in [0.15, 0.2) is 24.3 Å². The molecule has 2 rings (SSSR count). The molecule has 7 heteroatoms. The topological polar surface area (TPSA) is 93.1 Å². The molecule has 1 fully saturated rings. The molecule has 1 N–H and O–H groups in total. The van der Waals surface area contributed by atoms with Crippen LogP contribution in [0.5, 0.6) is 0 Å². The fourth-order valence-corrected chi connectivity index (χ4v) is 4.17. The lowest BCUT2D eigenvalue weighted by Gasteiger charge is -2.43. The number of ketones is 1. The van der Waals surface area contributed by atoms with Gasteiger partial charge < -0.3 is 19.5 Å². The second kappa shape index (κ2) is 8.73. The van der Waals surface area contributed by atoms with Gasteiger partial charge in [-0.1, -0.05) is 12.1 Å². The molecule has 154 valence electrons. The van der Waals surface area contributed by atoms with Crippen molar-refractivity contribution in [2.75, 3.05) is 32.2 Å². The third kappa shape index (κ3) is 4.04. The molecule has 0 spiro atoms. The summed E-state index contributed by atoms with van der Waals surface area (Å²) >= 11 is 0. The van der Waals surface area contributed by atoms with Crippen LogP contribution in [0.25, 0.3) is 0 Å². The summed E-state index contributed by atoms with van der Waals surface area (Å²) in [5, 5.41) is 10.8. The average Bonchev–Trinajstić information content (AvgIpc) is 2.67. The first-order chi connectivity index (χ1) is 13.2. The molecule has 1 aromatic carbocycles. The summed E-state index contributed by atoms with van der Waals surface area (Å²) in [5.41, 5.74) is -0.0291. The number of hydrogen-bond acceptors (Lipinski definition) is 7. The van der Waals surface area contributed by atoms with Crippen LogP contribution >= 0.6 is 0 Å². The number of esters is 2. The molecular weight excluding hydrogens is 362 g/mol. The number of hydrogen-bond donors (Lipinski definition) is 1. The number of carbonyl (C=O) groups excluding carboxylic acids is 3. The predicted octanol–water partition coefficient (Wildman–Crippen LogP) is 1.92. The molecule has 1 saturated carbocycles. The Labute approximate surface area is 165 Å². The predicted molar refractivity (Wildman–Crippen MR) is 104 cm³/mol. The van der Waals surface area contributed by atoms with Gasteiger partial charge in [-0.25, -0.2) is 0 Å². The van der Waals surface area contributed by atoms with Crippen LogP contribution in [0.3, 0.4) is 0 Å². The summed E-state index contributed by atoms with van der Waals surface area (Å²) < 4.78 is 9.74. The Hall–Kier alpha value is -2.41. The van der Waals surface area contributed by atoms with Crippen LogP contribution in [0.2, 0.25) is 0 Å². The van der Waals surface area contributed by atoms with Gasteiger partial charge in [0, 0.05) is 31.1 Å². The van der Waals surface area contributed by atoms with Crippen molar-refractivity contribution in [1.82, 2.24) is 0 Å². The van der Waals surface area contributed by atoms with Crippen molar-refractivity contribution in [2.24, 2.45) is 11.8 Å². The summed E-state index contributed by atoms with van der Waals surface area (Å²) in [4.78, 5) is 39.8. The molecule has 0 unspecified atom stereocenters. The smallest absolute Gasteiger partial charge is 0.316 e. The van der Waals surface area contributed by atoms with E-state index in [-0.39, 0.29) is 6.42 Å². The van der Waals surface area contributed by atoms with Crippen LogP contribution in [0, 0.1) is 11.8 Å². The van der Waals surface area contributed by atoms with Crippen molar-refractivity contribution in [3.8, 4) is 0 Å². The molecule has 1 aromatic rings. The fraction of sp³-hybridized carbons (Fsp3) is 0.571. The van der Waals surface area contributed by atoms with E-state index in [0.29, 0.717) is 5.56 Å². The van der Waals surface area contributed by atoms with Crippen LogP contribution in [0.1, 0.15) is 38.7 Å². The first kappa shape index (κ1) is 21.9. The van der Waals surface area contributed by atoms with Crippen molar-refractivity contribution in [2.45, 2.75) is 38.7 Å². The molecule has 28 heavy (non-hydrogen) atoms. The third-order valence-corrected chi connectivity index (χ3v) is 5.58. The number of aliphatic hydroxyl groups is 1. The lowest BCUT2D eigenvalue weighted by Crippen LogP contribution is -2.55. The largest absolute Gasteiger partial charge is 0.469 e. The Kier molecular flexibility index (Phi) is 6.82. The summed E-state index contributed by atoms with van der Waals surface area (Å²) in [5.74, 6) is -4.94. The minimum atomic E-state index is -1.63. The van der Waals surface area contributed by atoms with Gasteiger partial charge in [0.15, 0.2) is 5.78 Å². The Morgan fingerprint density at radius 2 is 1.64 bits per heavy atom. The molecule has 4 atom stereocenters. The Morgan fingerprint density at radius 3 is 2.11 bits per heavy atom. The summed E-state index contributed by atoms with van der Waals surface area (Å²) in [6.45, 7) is 7.20. The Balaban J connectivity index is 2.57. The van der Waals surface area contributed by atoms with Gasteiger partial charge in [0.05, 0.1) is 25.7 Å². The lowest BCUT2D eigenvalue weighted by atomic mass is 9.61. The molecule has 0 heterocycles. The molecule has 1 aliphatic carbocycles. The molecule has 0 bridgehead atoms. The quantitative estimate of drug-likeness (QED) is 0.585. The van der Waals surface area contributed by atoms with Crippen LogP contribution < -0.4 is 4.90 Å². The van der Waals surface area contributed by atoms with Gasteiger partial charge in [-0.05, 0) is 38.5 Å². The summed E-state index contributed by atoms with van der Waals surface area (Å²) in [7, 11) is 2.43. The number of Topliss-reactive ketones (excluding diaryl/α,β-unsaturated/α-hetero) is 1. The van der Waals surface area contributed by atoms with E-state index in [0.717, 1.165) is 18.8 Å². The maximum absolute atomic E-state index is 12.7. The zero-order valence-corrected chi connectivity index (χ0v) is 17.1. The van der Waals surface area contributed by atoms with Gasteiger partial charge in [-0.3, -0.25) is 14.4 Å². The van der Waals surface area contributed by atoms with E-state index in [2.05, 4.69) is 18.7 Å². The van der Waals surface area contributed by atoms with E-state index in [9.17, 15) is 19.5 Å². The Bertz CT molecular complexity index is 723. The molecule has 0 saturated heterocycles. The average molecular weight is 391 g/mol. The number of methoxy groups -OCH3 is 2. The van der Waals surface area contributed by atoms with E-state index < -0.39 is 41.1 Å². The number of nitrogens with zero attached hydrogens (tertiary/aromatic N) is 1. The van der Waals surface area contributed by atoms with Crippen LogP contribution in [0.4, 0.5) is 5.69 Å². The van der Waals surface area contributed by atoms with Crippen molar-refractivity contribution >= 4 is 23.4 Å². The normalized spacial score (nSPS) is 27.2. The second-order valence-corrected chi connectivity index (χ2v) is 7.29. The highest BCUT2D eigenvalue weighted by molar-refractivity contribution is 6.02. The molecule has 0 amide bonds. The van der Waals surface area contributed by atoms with Gasteiger partial charge in [0.1, 0.15) is 5.92 Å². The molecule has 0 aliphatic heterocycles. The van der Waals surface area contributed by atoms with Crippen molar-refractivity contribution in [3.05, 3.63) is 29.8 Å². The second-order valence-electron chi connectivity index (χ2n) is 7.29. The van der Waals surface area contributed by atoms with Crippen LogP contribution in [-0.2, 0) is 23.9 Å². The molecule has 0 radical (unpaired) electrons. The van der Waals surface area contributed by atoms with Gasteiger partial charge in [-0.15, -0.1) is 0 Å². The molecule has 7 nitrogen and oxygen atoms in total. The van der Waals surface area contributed by atoms with Gasteiger partial charge in [0.2, 0.25) is 0 Å². The van der Waals surface area contributed by atoms with Crippen molar-refractivity contribution in [1.29, 1.82) is 0 Å². The number of carbonyl (C=O) groups is 3. The van der Waals surface area contributed by atoms with Crippen molar-refractivity contribution in [3.63, 3.8) is 0 Å². The maximum atomic E-state index is 12.7. The molecule has 0 aromatic heterocycles. The Morgan fingerprint density at radius 1 is 1.11 bits per heavy atom.